The lowest BCUT2D eigenvalue weighted by molar-refractivity contribution is -0.137. The highest BCUT2D eigenvalue weighted by Crippen LogP contribution is 2.30. The number of hydrogen-bond donors (Lipinski definition) is 1. The van der Waals surface area contributed by atoms with E-state index in [9.17, 15) is 14.7 Å². The third kappa shape index (κ3) is 3.53. The van der Waals surface area contributed by atoms with E-state index >= 15 is 0 Å². The van der Waals surface area contributed by atoms with Crippen LogP contribution in [0.25, 0.3) is 11.0 Å². The Morgan fingerprint density at radius 2 is 1.97 bits per heavy atom. The molecule has 6 nitrogen and oxygen atoms in total. The summed E-state index contributed by atoms with van der Waals surface area (Å²) in [5.41, 5.74) is 6.45. The van der Waals surface area contributed by atoms with Gasteiger partial charge in [-0.2, -0.15) is 0 Å². The van der Waals surface area contributed by atoms with Crippen LogP contribution in [-0.2, 0) is 17.8 Å². The highest BCUT2D eigenvalue weighted by atomic mass is 16.4. The molecule has 0 saturated heterocycles. The Balaban J connectivity index is 1.86. The van der Waals surface area contributed by atoms with Gasteiger partial charge in [0.25, 0.3) is 0 Å². The fraction of sp³-hybridized carbons (Fsp3) is 0.391. The first-order valence-corrected chi connectivity index (χ1v) is 10.7. The fourth-order valence-corrected chi connectivity index (χ4v) is 4.81. The summed E-state index contributed by atoms with van der Waals surface area (Å²) in [5.74, 6) is -0.878. The smallest absolute Gasteiger partial charge is 0.329 e. The van der Waals surface area contributed by atoms with Crippen molar-refractivity contribution in [2.75, 3.05) is 18.5 Å². The van der Waals surface area contributed by atoms with Gasteiger partial charge in [0.2, 0.25) is 0 Å². The maximum Gasteiger partial charge on any atom is 0.329 e. The first kappa shape index (κ1) is 20.3. The van der Waals surface area contributed by atoms with Gasteiger partial charge in [0.1, 0.15) is 7.85 Å². The predicted octanol–water partition coefficient (Wildman–Crippen LogP) is 1.92. The molecule has 7 heteroatoms. The maximum absolute atomic E-state index is 13.6. The predicted molar refractivity (Wildman–Crippen MR) is 123 cm³/mol. The summed E-state index contributed by atoms with van der Waals surface area (Å²) in [6, 6.07) is 11.8. The van der Waals surface area contributed by atoms with Crippen molar-refractivity contribution in [3.8, 4) is 0 Å². The van der Waals surface area contributed by atoms with Crippen molar-refractivity contribution in [1.82, 2.24) is 9.13 Å². The van der Waals surface area contributed by atoms with Crippen LogP contribution in [0.3, 0.4) is 0 Å². The van der Waals surface area contributed by atoms with Gasteiger partial charge in [0, 0.05) is 25.3 Å². The van der Waals surface area contributed by atoms with Gasteiger partial charge in [-0.3, -0.25) is 13.9 Å². The van der Waals surface area contributed by atoms with Crippen molar-refractivity contribution >= 4 is 36.0 Å². The van der Waals surface area contributed by atoms with Gasteiger partial charge in [-0.1, -0.05) is 37.0 Å². The standard InChI is InChI=1S/C23H28BN3O3/c1-3-6-17(13-22(28)29)27-20-8-5-4-7-19(20)26(23(27)30)14-15-11-16(24)12-21-18(15)9-10-25(21)2/h4-5,7-8,11-12,17H,3,6,9-10,13-14,24H2,1-2H3,(H,28,29). The number of aliphatic carboxylic acids is 1. The normalized spacial score (nSPS) is 14.3. The molecule has 1 unspecified atom stereocenters. The molecule has 2 aromatic carbocycles. The van der Waals surface area contributed by atoms with Crippen molar-refractivity contribution in [3.05, 3.63) is 58.0 Å². The zero-order valence-corrected chi connectivity index (χ0v) is 17.9. The first-order chi connectivity index (χ1) is 14.4. The van der Waals surface area contributed by atoms with Crippen molar-refractivity contribution in [2.24, 2.45) is 0 Å². The highest BCUT2D eigenvalue weighted by Gasteiger charge is 2.24. The van der Waals surface area contributed by atoms with E-state index in [0.29, 0.717) is 13.0 Å². The molecule has 0 aliphatic carbocycles. The molecular formula is C23H28BN3O3. The fourth-order valence-electron chi connectivity index (χ4n) is 4.81. The Labute approximate surface area is 177 Å². The molecule has 156 valence electrons. The summed E-state index contributed by atoms with van der Waals surface area (Å²) in [7, 11) is 4.19. The SMILES string of the molecule is Bc1cc(Cn2c(=O)n(C(CCC)CC(=O)O)c3ccccc32)c2c(c1)N(C)CC2. The van der Waals surface area contributed by atoms with E-state index in [1.807, 2.05) is 35.8 Å². The summed E-state index contributed by atoms with van der Waals surface area (Å²) < 4.78 is 3.52. The Kier molecular flexibility index (Phi) is 5.45. The second-order valence-electron chi connectivity index (χ2n) is 8.36. The van der Waals surface area contributed by atoms with Crippen LogP contribution in [-0.4, -0.2) is 41.6 Å². The Bertz CT molecular complexity index is 1160. The number of benzene rings is 2. The number of carboxylic acid groups (broad SMARTS) is 1. The van der Waals surface area contributed by atoms with E-state index in [0.717, 1.165) is 30.4 Å². The summed E-state index contributed by atoms with van der Waals surface area (Å²) in [5, 5.41) is 9.41. The molecule has 1 atom stereocenters. The van der Waals surface area contributed by atoms with Gasteiger partial charge in [0.05, 0.1) is 24.0 Å². The lowest BCUT2D eigenvalue weighted by Gasteiger charge is -2.16. The Morgan fingerprint density at radius 3 is 2.67 bits per heavy atom. The molecule has 30 heavy (non-hydrogen) atoms. The number of aromatic nitrogens is 2. The molecule has 0 spiro atoms. The van der Waals surface area contributed by atoms with E-state index in [1.165, 1.54) is 22.3 Å². The number of anilines is 1. The summed E-state index contributed by atoms with van der Waals surface area (Å²) in [4.78, 5) is 27.3. The van der Waals surface area contributed by atoms with Crippen LogP contribution in [0.5, 0.6) is 0 Å². The van der Waals surface area contributed by atoms with E-state index in [4.69, 9.17) is 0 Å². The van der Waals surface area contributed by atoms with Crippen LogP contribution in [0.1, 0.15) is 43.4 Å². The molecule has 0 radical (unpaired) electrons. The van der Waals surface area contributed by atoms with Crippen molar-refractivity contribution in [1.29, 1.82) is 0 Å². The first-order valence-electron chi connectivity index (χ1n) is 10.7. The second kappa shape index (κ2) is 8.05. The number of carbonyl (C=O) groups is 1. The number of carboxylic acids is 1. The minimum Gasteiger partial charge on any atom is -0.481 e. The van der Waals surface area contributed by atoms with Gasteiger partial charge in [0.15, 0.2) is 0 Å². The van der Waals surface area contributed by atoms with Gasteiger partial charge < -0.3 is 10.0 Å². The lowest BCUT2D eigenvalue weighted by atomic mass is 9.90. The molecule has 1 N–H and O–H groups in total. The van der Waals surface area contributed by atoms with E-state index in [-0.39, 0.29) is 18.2 Å². The number of likely N-dealkylation sites (N-methyl/N-ethyl adjacent to an activating group) is 1. The molecule has 1 aromatic heterocycles. The van der Waals surface area contributed by atoms with Crippen molar-refractivity contribution in [3.63, 3.8) is 0 Å². The molecule has 4 rings (SSSR count). The highest BCUT2D eigenvalue weighted by molar-refractivity contribution is 6.32. The molecule has 0 bridgehead atoms. The minimum atomic E-state index is -0.878. The van der Waals surface area contributed by atoms with Crippen LogP contribution in [0.2, 0.25) is 0 Å². The lowest BCUT2D eigenvalue weighted by Crippen LogP contribution is -2.29. The zero-order valence-electron chi connectivity index (χ0n) is 17.9. The molecule has 1 aliphatic heterocycles. The molecular weight excluding hydrogens is 377 g/mol. The number of para-hydroxylation sites is 2. The van der Waals surface area contributed by atoms with Crippen LogP contribution >= 0.6 is 0 Å². The summed E-state index contributed by atoms with van der Waals surface area (Å²) >= 11 is 0. The molecule has 3 aromatic rings. The van der Waals surface area contributed by atoms with Crippen molar-refractivity contribution in [2.45, 2.75) is 45.2 Å². The summed E-state index contributed by atoms with van der Waals surface area (Å²) in [6.45, 7) is 3.50. The minimum absolute atomic E-state index is 0.0492. The second-order valence-corrected chi connectivity index (χ2v) is 8.36. The third-order valence-corrected chi connectivity index (χ3v) is 6.17. The number of imidazole rings is 1. The largest absolute Gasteiger partial charge is 0.481 e. The Hall–Kier alpha value is -2.96. The van der Waals surface area contributed by atoms with E-state index in [1.54, 1.807) is 4.57 Å². The number of nitrogens with zero attached hydrogens (tertiary/aromatic N) is 3. The number of fused-ring (bicyclic) bond motifs is 2. The monoisotopic (exact) mass is 405 g/mol. The number of rotatable bonds is 7. The quantitative estimate of drug-likeness (QED) is 0.610. The molecule has 1 aliphatic rings. The third-order valence-electron chi connectivity index (χ3n) is 6.17. The maximum atomic E-state index is 13.6. The van der Waals surface area contributed by atoms with Crippen molar-refractivity contribution < 1.29 is 9.90 Å². The molecule has 2 heterocycles. The van der Waals surface area contributed by atoms with Crippen LogP contribution in [0, 0.1) is 0 Å². The topological polar surface area (TPSA) is 67.5 Å². The average Bonchev–Trinajstić information content (AvgIpc) is 3.19. The van der Waals surface area contributed by atoms with Gasteiger partial charge in [-0.15, -0.1) is 0 Å². The van der Waals surface area contributed by atoms with E-state index in [2.05, 4.69) is 31.9 Å². The van der Waals surface area contributed by atoms with E-state index < -0.39 is 5.97 Å². The Morgan fingerprint density at radius 1 is 1.23 bits per heavy atom. The molecule has 0 amide bonds. The average molecular weight is 405 g/mol. The van der Waals surface area contributed by atoms with Crippen LogP contribution in [0.15, 0.2) is 41.2 Å². The number of hydrogen-bond acceptors (Lipinski definition) is 3. The summed E-state index contributed by atoms with van der Waals surface area (Å²) in [6.07, 6.45) is 2.41. The molecule has 0 saturated carbocycles. The van der Waals surface area contributed by atoms with Gasteiger partial charge >= 0.3 is 11.7 Å². The molecule has 0 fully saturated rings. The van der Waals surface area contributed by atoms with Gasteiger partial charge in [-0.25, -0.2) is 4.79 Å². The van der Waals surface area contributed by atoms with Crippen LogP contribution < -0.4 is 16.1 Å². The zero-order chi connectivity index (χ0) is 21.4. The van der Waals surface area contributed by atoms with Crippen LogP contribution in [0.4, 0.5) is 5.69 Å². The van der Waals surface area contributed by atoms with Gasteiger partial charge in [-0.05, 0) is 42.2 Å².